The van der Waals surface area contributed by atoms with E-state index in [0.29, 0.717) is 30.4 Å². The van der Waals surface area contributed by atoms with Crippen LogP contribution in [0.1, 0.15) is 18.5 Å². The van der Waals surface area contributed by atoms with Crippen molar-refractivity contribution in [3.63, 3.8) is 0 Å². The van der Waals surface area contributed by atoms with Crippen LogP contribution in [0.25, 0.3) is 0 Å². The quantitative estimate of drug-likeness (QED) is 0.770. The van der Waals surface area contributed by atoms with Crippen LogP contribution in [0.4, 0.5) is 13.2 Å². The second kappa shape index (κ2) is 5.45. The van der Waals surface area contributed by atoms with E-state index < -0.39 is 12.1 Å². The number of alkyl halides is 3. The van der Waals surface area contributed by atoms with Gasteiger partial charge in [0, 0.05) is 13.1 Å². The van der Waals surface area contributed by atoms with Crippen molar-refractivity contribution in [3.8, 4) is 0 Å². The molecule has 0 N–H and O–H groups in total. The maximum absolute atomic E-state index is 12.7. The van der Waals surface area contributed by atoms with Gasteiger partial charge in [0.15, 0.2) is 0 Å². The first-order valence-electron chi connectivity index (χ1n) is 5.85. The molecule has 0 bridgehead atoms. The van der Waals surface area contributed by atoms with Crippen LogP contribution in [-0.4, -0.2) is 29.1 Å². The minimum Gasteiger partial charge on any atom is -0.297 e. The Morgan fingerprint density at radius 1 is 1.39 bits per heavy atom. The molecule has 0 aromatic carbocycles. The standard InChI is InChI=1S/C12H14ClF3N2/c13-11-5-1-4-10(17-11)8-18-6-2-3-9(7-18)12(14,15)16/h1,4-5,9H,2-3,6-8H2. The fraction of sp³-hybridized carbons (Fsp3) is 0.583. The highest BCUT2D eigenvalue weighted by Crippen LogP contribution is 2.33. The molecule has 1 fully saturated rings. The van der Waals surface area contributed by atoms with Gasteiger partial charge in [-0.2, -0.15) is 13.2 Å². The normalized spacial score (nSPS) is 22.1. The van der Waals surface area contributed by atoms with E-state index >= 15 is 0 Å². The molecule has 0 saturated carbocycles. The van der Waals surface area contributed by atoms with Gasteiger partial charge in [-0.1, -0.05) is 17.7 Å². The average Bonchev–Trinajstić information content (AvgIpc) is 2.28. The summed E-state index contributed by atoms with van der Waals surface area (Å²) < 4.78 is 38.0. The molecule has 100 valence electrons. The first-order chi connectivity index (χ1) is 8.45. The summed E-state index contributed by atoms with van der Waals surface area (Å²) in [5.74, 6) is -1.22. The number of hydrogen-bond donors (Lipinski definition) is 0. The first kappa shape index (κ1) is 13.6. The predicted octanol–water partition coefficient (Wildman–Crippen LogP) is 3.51. The number of likely N-dealkylation sites (tertiary alicyclic amines) is 1. The van der Waals surface area contributed by atoms with Crippen LogP contribution in [0.2, 0.25) is 5.15 Å². The Labute approximate surface area is 109 Å². The van der Waals surface area contributed by atoms with Crippen molar-refractivity contribution in [2.75, 3.05) is 13.1 Å². The minimum atomic E-state index is -4.10. The molecule has 1 atom stereocenters. The molecule has 18 heavy (non-hydrogen) atoms. The largest absolute Gasteiger partial charge is 0.393 e. The van der Waals surface area contributed by atoms with Crippen molar-refractivity contribution in [1.82, 2.24) is 9.88 Å². The fourth-order valence-corrected chi connectivity index (χ4v) is 2.42. The molecule has 1 aromatic rings. The van der Waals surface area contributed by atoms with Gasteiger partial charge in [-0.3, -0.25) is 4.90 Å². The predicted molar refractivity (Wildman–Crippen MR) is 63.3 cm³/mol. The van der Waals surface area contributed by atoms with Crippen molar-refractivity contribution in [2.45, 2.75) is 25.6 Å². The van der Waals surface area contributed by atoms with Crippen LogP contribution in [0.3, 0.4) is 0 Å². The maximum atomic E-state index is 12.7. The van der Waals surface area contributed by atoms with Gasteiger partial charge in [0.25, 0.3) is 0 Å². The van der Waals surface area contributed by atoms with Crippen LogP contribution in [-0.2, 0) is 6.54 Å². The highest BCUT2D eigenvalue weighted by molar-refractivity contribution is 6.29. The van der Waals surface area contributed by atoms with E-state index in [1.54, 1.807) is 23.1 Å². The number of piperidine rings is 1. The third kappa shape index (κ3) is 3.59. The summed E-state index contributed by atoms with van der Waals surface area (Å²) in [4.78, 5) is 5.89. The van der Waals surface area contributed by atoms with Gasteiger partial charge in [-0.25, -0.2) is 4.98 Å². The van der Waals surface area contributed by atoms with Crippen LogP contribution in [0.15, 0.2) is 18.2 Å². The van der Waals surface area contributed by atoms with Crippen LogP contribution < -0.4 is 0 Å². The Balaban J connectivity index is 1.98. The molecule has 6 heteroatoms. The van der Waals surface area contributed by atoms with E-state index in [-0.39, 0.29) is 13.0 Å². The van der Waals surface area contributed by atoms with E-state index in [9.17, 15) is 13.2 Å². The zero-order valence-electron chi connectivity index (χ0n) is 9.75. The molecule has 1 unspecified atom stereocenters. The lowest BCUT2D eigenvalue weighted by Gasteiger charge is -2.33. The summed E-state index contributed by atoms with van der Waals surface area (Å²) in [6, 6.07) is 5.19. The smallest absolute Gasteiger partial charge is 0.297 e. The minimum absolute atomic E-state index is 0.0533. The Hall–Kier alpha value is -0.810. The van der Waals surface area contributed by atoms with E-state index in [2.05, 4.69) is 4.98 Å². The molecule has 1 aliphatic heterocycles. The molecule has 1 aliphatic rings. The molecule has 2 nitrogen and oxygen atoms in total. The zero-order valence-corrected chi connectivity index (χ0v) is 10.5. The SMILES string of the molecule is FC(F)(F)C1CCCN(Cc2cccc(Cl)n2)C1. The first-order valence-corrected chi connectivity index (χ1v) is 6.23. The lowest BCUT2D eigenvalue weighted by atomic mass is 9.97. The molecule has 2 heterocycles. The van der Waals surface area contributed by atoms with Gasteiger partial charge in [0.1, 0.15) is 5.15 Å². The van der Waals surface area contributed by atoms with E-state index in [0.717, 1.165) is 0 Å². The number of nitrogens with zero attached hydrogens (tertiary/aromatic N) is 2. The van der Waals surface area contributed by atoms with Crippen molar-refractivity contribution >= 4 is 11.6 Å². The molecular formula is C12H14ClF3N2. The monoisotopic (exact) mass is 278 g/mol. The van der Waals surface area contributed by atoms with E-state index in [1.165, 1.54) is 0 Å². The molecular weight excluding hydrogens is 265 g/mol. The van der Waals surface area contributed by atoms with Crippen molar-refractivity contribution in [3.05, 3.63) is 29.0 Å². The summed E-state index contributed by atoms with van der Waals surface area (Å²) in [5, 5.41) is 0.372. The molecule has 2 rings (SSSR count). The molecule has 1 aromatic heterocycles. The highest BCUT2D eigenvalue weighted by atomic mass is 35.5. The summed E-state index contributed by atoms with van der Waals surface area (Å²) in [7, 11) is 0. The van der Waals surface area contributed by atoms with E-state index in [1.807, 2.05) is 0 Å². The van der Waals surface area contributed by atoms with Crippen LogP contribution >= 0.6 is 11.6 Å². The number of aromatic nitrogens is 1. The van der Waals surface area contributed by atoms with Gasteiger partial charge in [-0.05, 0) is 31.5 Å². The van der Waals surface area contributed by atoms with Crippen molar-refractivity contribution in [2.24, 2.45) is 5.92 Å². The van der Waals surface area contributed by atoms with E-state index in [4.69, 9.17) is 11.6 Å². The second-order valence-corrected chi connectivity index (χ2v) is 4.95. The molecule has 0 amide bonds. The van der Waals surface area contributed by atoms with Gasteiger partial charge in [0.05, 0.1) is 11.6 Å². The average molecular weight is 279 g/mol. The molecule has 0 radical (unpaired) electrons. The van der Waals surface area contributed by atoms with Gasteiger partial charge in [-0.15, -0.1) is 0 Å². The van der Waals surface area contributed by atoms with Gasteiger partial charge >= 0.3 is 6.18 Å². The Kier molecular flexibility index (Phi) is 4.12. The lowest BCUT2D eigenvalue weighted by molar-refractivity contribution is -0.187. The number of pyridine rings is 1. The highest BCUT2D eigenvalue weighted by Gasteiger charge is 2.41. The fourth-order valence-electron chi connectivity index (χ4n) is 2.23. The van der Waals surface area contributed by atoms with Crippen molar-refractivity contribution < 1.29 is 13.2 Å². The summed E-state index contributed by atoms with van der Waals surface area (Å²) >= 11 is 5.75. The number of hydrogen-bond acceptors (Lipinski definition) is 2. The third-order valence-corrected chi connectivity index (χ3v) is 3.34. The van der Waals surface area contributed by atoms with Gasteiger partial charge in [0.2, 0.25) is 0 Å². The Bertz CT molecular complexity index is 409. The van der Waals surface area contributed by atoms with Crippen LogP contribution in [0.5, 0.6) is 0 Å². The molecule has 0 spiro atoms. The molecule has 1 saturated heterocycles. The lowest BCUT2D eigenvalue weighted by Crippen LogP contribution is -2.41. The van der Waals surface area contributed by atoms with Gasteiger partial charge < -0.3 is 0 Å². The summed E-state index contributed by atoms with van der Waals surface area (Å²) in [5.41, 5.74) is 0.713. The topological polar surface area (TPSA) is 16.1 Å². The number of halogens is 4. The Morgan fingerprint density at radius 2 is 2.17 bits per heavy atom. The molecule has 0 aliphatic carbocycles. The Morgan fingerprint density at radius 3 is 2.83 bits per heavy atom. The number of rotatable bonds is 2. The summed E-state index contributed by atoms with van der Waals surface area (Å²) in [6.45, 7) is 1.16. The zero-order chi connectivity index (χ0) is 13.2. The third-order valence-electron chi connectivity index (χ3n) is 3.13. The maximum Gasteiger partial charge on any atom is 0.393 e. The van der Waals surface area contributed by atoms with Crippen LogP contribution in [0, 0.1) is 5.92 Å². The summed E-state index contributed by atoms with van der Waals surface area (Å²) in [6.07, 6.45) is -3.30. The van der Waals surface area contributed by atoms with Crippen molar-refractivity contribution in [1.29, 1.82) is 0 Å². The second-order valence-electron chi connectivity index (χ2n) is 4.57.